The van der Waals surface area contributed by atoms with Gasteiger partial charge in [0.2, 0.25) is 10.0 Å². The molecule has 10 heteroatoms. The van der Waals surface area contributed by atoms with Crippen LogP contribution in [-0.2, 0) is 19.9 Å². The zero-order valence-electron chi connectivity index (χ0n) is 14.8. The Labute approximate surface area is 140 Å². The minimum Gasteiger partial charge on any atom is -0.357 e. The number of nitrogens with zero attached hydrogens (tertiary/aromatic N) is 1. The van der Waals surface area contributed by atoms with Crippen LogP contribution in [0, 0.1) is 0 Å². The summed E-state index contributed by atoms with van der Waals surface area (Å²) in [6.45, 7) is 8.16. The Bertz CT molecular complexity index is 597. The number of hydrogen-bond acceptors (Lipinski definition) is 5. The zero-order chi connectivity index (χ0) is 18.3. The van der Waals surface area contributed by atoms with Crippen molar-refractivity contribution in [1.82, 2.24) is 15.4 Å². The molecule has 1 atom stereocenters. The highest BCUT2D eigenvalue weighted by molar-refractivity contribution is 7.90. The first-order chi connectivity index (χ1) is 10.2. The molecule has 8 nitrogen and oxygen atoms in total. The van der Waals surface area contributed by atoms with Gasteiger partial charge < -0.3 is 10.6 Å². The van der Waals surface area contributed by atoms with Crippen molar-refractivity contribution in [3.8, 4) is 0 Å². The van der Waals surface area contributed by atoms with Crippen molar-refractivity contribution in [2.24, 2.45) is 4.99 Å². The molecule has 3 N–H and O–H groups in total. The van der Waals surface area contributed by atoms with Gasteiger partial charge in [-0.1, -0.05) is 0 Å². The Kier molecular flexibility index (Phi) is 8.50. The summed E-state index contributed by atoms with van der Waals surface area (Å²) < 4.78 is 47.6. The predicted octanol–water partition coefficient (Wildman–Crippen LogP) is -0.307. The lowest BCUT2D eigenvalue weighted by Crippen LogP contribution is -2.47. The van der Waals surface area contributed by atoms with Crippen LogP contribution in [0.5, 0.6) is 0 Å². The summed E-state index contributed by atoms with van der Waals surface area (Å²) in [6, 6.07) is -0.0755. The third-order valence-electron chi connectivity index (χ3n) is 2.74. The van der Waals surface area contributed by atoms with E-state index in [4.69, 9.17) is 0 Å². The fourth-order valence-electron chi connectivity index (χ4n) is 1.83. The monoisotopic (exact) mass is 370 g/mol. The number of sulfonamides is 1. The van der Waals surface area contributed by atoms with E-state index in [0.717, 1.165) is 6.26 Å². The third-order valence-corrected chi connectivity index (χ3v) is 4.64. The van der Waals surface area contributed by atoms with Crippen molar-refractivity contribution in [2.45, 2.75) is 45.7 Å². The van der Waals surface area contributed by atoms with Crippen LogP contribution >= 0.6 is 0 Å². The highest BCUT2D eigenvalue weighted by atomic mass is 32.2. The lowest BCUT2D eigenvalue weighted by atomic mass is 10.1. The van der Waals surface area contributed by atoms with E-state index in [1.807, 2.05) is 13.8 Å². The Morgan fingerprint density at radius 2 is 1.74 bits per heavy atom. The van der Waals surface area contributed by atoms with Gasteiger partial charge in [0.05, 0.1) is 18.6 Å². The molecule has 0 rings (SSSR count). The van der Waals surface area contributed by atoms with Crippen LogP contribution in [0.2, 0.25) is 0 Å². The van der Waals surface area contributed by atoms with Gasteiger partial charge in [0.25, 0.3) is 0 Å². The van der Waals surface area contributed by atoms with Gasteiger partial charge in [-0.25, -0.2) is 21.6 Å². The SMILES string of the molecule is CCNC(=NCC(C)(C)NS(C)(=O)=O)NC(C)CCS(C)(=O)=O. The topological polar surface area (TPSA) is 117 Å². The van der Waals surface area contributed by atoms with Crippen molar-refractivity contribution in [2.75, 3.05) is 31.4 Å². The van der Waals surface area contributed by atoms with E-state index in [9.17, 15) is 16.8 Å². The van der Waals surface area contributed by atoms with Crippen molar-refractivity contribution in [3.63, 3.8) is 0 Å². The van der Waals surface area contributed by atoms with E-state index < -0.39 is 25.4 Å². The second-order valence-electron chi connectivity index (χ2n) is 6.42. The van der Waals surface area contributed by atoms with Crippen molar-refractivity contribution in [1.29, 1.82) is 0 Å². The van der Waals surface area contributed by atoms with Gasteiger partial charge in [-0.15, -0.1) is 0 Å². The van der Waals surface area contributed by atoms with Crippen molar-refractivity contribution in [3.05, 3.63) is 0 Å². The van der Waals surface area contributed by atoms with Crippen molar-refractivity contribution < 1.29 is 16.8 Å². The normalized spacial score (nSPS) is 15.3. The highest BCUT2D eigenvalue weighted by Gasteiger charge is 2.22. The number of guanidine groups is 1. The number of hydrogen-bond donors (Lipinski definition) is 3. The molecular formula is C13H30N4O4S2. The average molecular weight is 371 g/mol. The largest absolute Gasteiger partial charge is 0.357 e. The molecule has 0 bridgehead atoms. The Balaban J connectivity index is 4.77. The van der Waals surface area contributed by atoms with Crippen LogP contribution in [-0.4, -0.2) is 65.7 Å². The molecule has 23 heavy (non-hydrogen) atoms. The van der Waals surface area contributed by atoms with Crippen LogP contribution in [0.3, 0.4) is 0 Å². The Hall–Kier alpha value is -0.870. The number of aliphatic imine (C=N–C) groups is 1. The van der Waals surface area contributed by atoms with Gasteiger partial charge in [0, 0.05) is 24.4 Å². The van der Waals surface area contributed by atoms with Crippen LogP contribution in [0.25, 0.3) is 0 Å². The van der Waals surface area contributed by atoms with E-state index in [-0.39, 0.29) is 18.3 Å². The van der Waals surface area contributed by atoms with Crippen molar-refractivity contribution >= 4 is 25.8 Å². The number of sulfone groups is 1. The molecule has 0 saturated carbocycles. The Morgan fingerprint density at radius 3 is 2.17 bits per heavy atom. The summed E-state index contributed by atoms with van der Waals surface area (Å²) in [7, 11) is -6.32. The predicted molar refractivity (Wildman–Crippen MR) is 95.0 cm³/mol. The van der Waals surface area contributed by atoms with Gasteiger partial charge in [-0.2, -0.15) is 0 Å². The first kappa shape index (κ1) is 22.1. The average Bonchev–Trinajstić information content (AvgIpc) is 2.30. The zero-order valence-corrected chi connectivity index (χ0v) is 16.4. The second kappa shape index (κ2) is 8.84. The summed E-state index contributed by atoms with van der Waals surface area (Å²) in [4.78, 5) is 4.37. The van der Waals surface area contributed by atoms with E-state index in [0.29, 0.717) is 18.9 Å². The molecule has 138 valence electrons. The molecule has 1 unspecified atom stereocenters. The van der Waals surface area contributed by atoms with Gasteiger partial charge in [0.15, 0.2) is 5.96 Å². The quantitative estimate of drug-likeness (QED) is 0.379. The molecule has 0 spiro atoms. The van der Waals surface area contributed by atoms with E-state index in [1.54, 1.807) is 13.8 Å². The van der Waals surface area contributed by atoms with Gasteiger partial charge in [-0.3, -0.25) is 4.99 Å². The third kappa shape index (κ3) is 13.3. The fraction of sp³-hybridized carbons (Fsp3) is 0.923. The van der Waals surface area contributed by atoms with Crippen LogP contribution < -0.4 is 15.4 Å². The molecule has 0 aromatic heterocycles. The van der Waals surface area contributed by atoms with E-state index >= 15 is 0 Å². The van der Waals surface area contributed by atoms with Crippen LogP contribution in [0.15, 0.2) is 4.99 Å². The minimum atomic E-state index is -3.32. The van der Waals surface area contributed by atoms with Gasteiger partial charge in [0.1, 0.15) is 9.84 Å². The standard InChI is InChI=1S/C13H30N4O4S2/c1-7-14-12(16-11(2)8-9-22(5,18)19)15-10-13(3,4)17-23(6,20)21/h11,17H,7-10H2,1-6H3,(H2,14,15,16). The number of rotatable bonds is 9. The lowest BCUT2D eigenvalue weighted by molar-refractivity contribution is 0.463. The molecule has 0 aliphatic carbocycles. The molecule has 0 saturated heterocycles. The molecule has 0 amide bonds. The molecular weight excluding hydrogens is 340 g/mol. The van der Waals surface area contributed by atoms with E-state index in [2.05, 4.69) is 20.3 Å². The van der Waals surface area contributed by atoms with E-state index in [1.165, 1.54) is 6.26 Å². The van der Waals surface area contributed by atoms with Crippen LogP contribution in [0.4, 0.5) is 0 Å². The van der Waals surface area contributed by atoms with Gasteiger partial charge >= 0.3 is 0 Å². The smallest absolute Gasteiger partial charge is 0.209 e. The molecule has 0 heterocycles. The first-order valence-corrected chi connectivity index (χ1v) is 11.4. The fourth-order valence-corrected chi connectivity index (χ4v) is 3.68. The second-order valence-corrected chi connectivity index (χ2v) is 10.4. The summed E-state index contributed by atoms with van der Waals surface area (Å²) in [5.74, 6) is 0.624. The maximum atomic E-state index is 11.3. The van der Waals surface area contributed by atoms with Gasteiger partial charge in [-0.05, 0) is 34.1 Å². The molecule has 0 aromatic rings. The maximum Gasteiger partial charge on any atom is 0.209 e. The summed E-state index contributed by atoms with van der Waals surface area (Å²) in [5, 5.41) is 6.18. The first-order valence-electron chi connectivity index (χ1n) is 7.45. The summed E-state index contributed by atoms with van der Waals surface area (Å²) in [6.07, 6.45) is 2.78. The molecule has 0 radical (unpaired) electrons. The lowest BCUT2D eigenvalue weighted by Gasteiger charge is -2.24. The number of nitrogens with one attached hydrogen (secondary N) is 3. The molecule has 0 aromatic carbocycles. The Morgan fingerprint density at radius 1 is 1.17 bits per heavy atom. The highest BCUT2D eigenvalue weighted by Crippen LogP contribution is 2.04. The summed E-state index contributed by atoms with van der Waals surface area (Å²) >= 11 is 0. The molecule has 0 aliphatic heterocycles. The van der Waals surface area contributed by atoms with Crippen LogP contribution in [0.1, 0.15) is 34.1 Å². The molecule has 0 aliphatic rings. The molecule has 0 fully saturated rings. The summed E-state index contributed by atoms with van der Waals surface area (Å²) in [5.41, 5.74) is -0.716. The maximum absolute atomic E-state index is 11.3. The minimum absolute atomic E-state index is 0.0755.